The van der Waals surface area contributed by atoms with Gasteiger partial charge in [-0.2, -0.15) is 13.2 Å². The minimum Gasteiger partial charge on any atom is -0.508 e. The van der Waals surface area contributed by atoms with Crippen molar-refractivity contribution in [1.29, 1.82) is 0 Å². The number of rotatable bonds is 2. The molecule has 3 nitrogen and oxygen atoms in total. The molecule has 3 N–H and O–H groups in total. The molecule has 0 bridgehead atoms. The van der Waals surface area contributed by atoms with Crippen LogP contribution in [0, 0.1) is 0 Å². The van der Waals surface area contributed by atoms with Gasteiger partial charge in [-0.05, 0) is 19.2 Å². The van der Waals surface area contributed by atoms with Crippen molar-refractivity contribution in [1.82, 2.24) is 5.32 Å². The van der Waals surface area contributed by atoms with E-state index in [0.29, 0.717) is 6.07 Å². The minimum absolute atomic E-state index is 0.00447. The van der Waals surface area contributed by atoms with Gasteiger partial charge in [0.25, 0.3) is 0 Å². The Labute approximate surface area is 84.2 Å². The zero-order valence-electron chi connectivity index (χ0n) is 7.89. The van der Waals surface area contributed by atoms with Gasteiger partial charge in [-0.15, -0.1) is 0 Å². The van der Waals surface area contributed by atoms with Crippen LogP contribution in [0.15, 0.2) is 12.1 Å². The van der Waals surface area contributed by atoms with E-state index in [1.165, 1.54) is 7.05 Å². The van der Waals surface area contributed by atoms with Gasteiger partial charge in [0, 0.05) is 12.1 Å². The minimum atomic E-state index is -4.68. The van der Waals surface area contributed by atoms with Gasteiger partial charge in [-0.25, -0.2) is 0 Å². The van der Waals surface area contributed by atoms with E-state index < -0.39 is 23.2 Å². The van der Waals surface area contributed by atoms with E-state index in [0.717, 1.165) is 6.07 Å². The lowest BCUT2D eigenvalue weighted by Gasteiger charge is -2.12. The maximum absolute atomic E-state index is 12.4. The lowest BCUT2D eigenvalue weighted by atomic mass is 10.1. The SMILES string of the molecule is CNCc1cc(O)cc(C(F)(F)F)c1O. The fourth-order valence-electron chi connectivity index (χ4n) is 1.22. The molecule has 1 rings (SSSR count). The second-order valence-electron chi connectivity index (χ2n) is 3.03. The van der Waals surface area contributed by atoms with Crippen LogP contribution in [0.4, 0.5) is 13.2 Å². The summed E-state index contributed by atoms with van der Waals surface area (Å²) in [5.74, 6) is -1.37. The molecule has 1 aromatic carbocycles. The van der Waals surface area contributed by atoms with Crippen LogP contribution >= 0.6 is 0 Å². The maximum Gasteiger partial charge on any atom is 0.420 e. The molecule has 0 heterocycles. The molecular weight excluding hydrogens is 211 g/mol. The van der Waals surface area contributed by atoms with Crippen LogP contribution in [-0.2, 0) is 12.7 Å². The zero-order chi connectivity index (χ0) is 11.6. The molecule has 0 unspecified atom stereocenters. The number of aromatic hydroxyl groups is 2. The Hall–Kier alpha value is -1.43. The monoisotopic (exact) mass is 221 g/mol. The normalized spacial score (nSPS) is 11.7. The first-order valence-corrected chi connectivity index (χ1v) is 4.13. The summed E-state index contributed by atoms with van der Waals surface area (Å²) in [6, 6.07) is 1.58. The summed E-state index contributed by atoms with van der Waals surface area (Å²) >= 11 is 0. The summed E-state index contributed by atoms with van der Waals surface area (Å²) < 4.78 is 37.1. The van der Waals surface area contributed by atoms with Gasteiger partial charge in [0.15, 0.2) is 0 Å². The highest BCUT2D eigenvalue weighted by molar-refractivity contribution is 5.47. The van der Waals surface area contributed by atoms with Gasteiger partial charge in [-0.3, -0.25) is 0 Å². The zero-order valence-corrected chi connectivity index (χ0v) is 7.89. The molecule has 0 saturated carbocycles. The summed E-state index contributed by atoms with van der Waals surface area (Å²) in [5, 5.41) is 21.0. The largest absolute Gasteiger partial charge is 0.508 e. The van der Waals surface area contributed by atoms with E-state index in [9.17, 15) is 18.3 Å². The lowest BCUT2D eigenvalue weighted by molar-refractivity contribution is -0.138. The van der Waals surface area contributed by atoms with E-state index in [4.69, 9.17) is 5.11 Å². The summed E-state index contributed by atoms with van der Waals surface area (Å²) in [5.41, 5.74) is -1.22. The van der Waals surface area contributed by atoms with E-state index >= 15 is 0 Å². The van der Waals surface area contributed by atoms with Crippen LogP contribution in [0.5, 0.6) is 11.5 Å². The van der Waals surface area contributed by atoms with E-state index in [1.54, 1.807) is 0 Å². The molecule has 0 saturated heterocycles. The number of hydrogen-bond acceptors (Lipinski definition) is 3. The second kappa shape index (κ2) is 3.98. The number of nitrogens with one attached hydrogen (secondary N) is 1. The van der Waals surface area contributed by atoms with Crippen molar-refractivity contribution in [2.75, 3.05) is 7.05 Å². The average Bonchev–Trinajstić information content (AvgIpc) is 2.09. The first-order chi connectivity index (χ1) is 6.86. The van der Waals surface area contributed by atoms with E-state index in [2.05, 4.69) is 5.32 Å². The van der Waals surface area contributed by atoms with Gasteiger partial charge < -0.3 is 15.5 Å². The van der Waals surface area contributed by atoms with Crippen molar-refractivity contribution in [2.45, 2.75) is 12.7 Å². The topological polar surface area (TPSA) is 52.5 Å². The highest BCUT2D eigenvalue weighted by Crippen LogP contribution is 2.39. The van der Waals surface area contributed by atoms with Crippen molar-refractivity contribution in [3.63, 3.8) is 0 Å². The summed E-state index contributed by atoms with van der Waals surface area (Å²) in [4.78, 5) is 0. The molecule has 0 spiro atoms. The quantitative estimate of drug-likeness (QED) is 0.668. The third-order valence-electron chi connectivity index (χ3n) is 1.85. The summed E-state index contributed by atoms with van der Waals surface area (Å²) in [6.07, 6.45) is -4.68. The third kappa shape index (κ3) is 2.53. The summed E-state index contributed by atoms with van der Waals surface area (Å²) in [6.45, 7) is 0.0450. The van der Waals surface area contributed by atoms with Crippen molar-refractivity contribution in [3.8, 4) is 11.5 Å². The van der Waals surface area contributed by atoms with Crippen molar-refractivity contribution in [3.05, 3.63) is 23.3 Å². The maximum atomic E-state index is 12.4. The smallest absolute Gasteiger partial charge is 0.420 e. The van der Waals surface area contributed by atoms with Gasteiger partial charge in [-0.1, -0.05) is 0 Å². The molecule has 0 aliphatic carbocycles. The van der Waals surface area contributed by atoms with Crippen LogP contribution in [0.3, 0.4) is 0 Å². The van der Waals surface area contributed by atoms with Gasteiger partial charge in [0.1, 0.15) is 17.1 Å². The number of phenolic OH excluding ortho intramolecular Hbond substituents is 2. The molecule has 0 fully saturated rings. The van der Waals surface area contributed by atoms with Crippen LogP contribution in [0.2, 0.25) is 0 Å². The molecular formula is C9H10F3NO2. The van der Waals surface area contributed by atoms with Gasteiger partial charge in [0.2, 0.25) is 0 Å². The van der Waals surface area contributed by atoms with Crippen molar-refractivity contribution < 1.29 is 23.4 Å². The Morgan fingerprint density at radius 2 is 1.87 bits per heavy atom. The van der Waals surface area contributed by atoms with Crippen LogP contribution in [0.25, 0.3) is 0 Å². The third-order valence-corrected chi connectivity index (χ3v) is 1.85. The molecule has 0 amide bonds. The molecule has 6 heteroatoms. The molecule has 0 aliphatic heterocycles. The average molecular weight is 221 g/mol. The van der Waals surface area contributed by atoms with Gasteiger partial charge in [0.05, 0.1) is 0 Å². The Morgan fingerprint density at radius 1 is 1.27 bits per heavy atom. The Kier molecular flexibility index (Phi) is 3.09. The first-order valence-electron chi connectivity index (χ1n) is 4.13. The van der Waals surface area contributed by atoms with Crippen molar-refractivity contribution in [2.24, 2.45) is 0 Å². The summed E-state index contributed by atoms with van der Waals surface area (Å²) in [7, 11) is 1.52. The standard InChI is InChI=1S/C9H10F3NO2/c1-13-4-5-2-6(14)3-7(8(5)15)9(10,11)12/h2-3,13-15H,4H2,1H3. The highest BCUT2D eigenvalue weighted by Gasteiger charge is 2.35. The predicted molar refractivity (Wildman–Crippen MR) is 47.5 cm³/mol. The number of phenols is 2. The fraction of sp³-hybridized carbons (Fsp3) is 0.333. The Morgan fingerprint density at radius 3 is 2.33 bits per heavy atom. The molecule has 84 valence electrons. The first kappa shape index (κ1) is 11.6. The molecule has 0 atom stereocenters. The Balaban J connectivity index is 3.28. The predicted octanol–water partition coefficient (Wildman–Crippen LogP) is 1.84. The van der Waals surface area contributed by atoms with E-state index in [-0.39, 0.29) is 12.1 Å². The van der Waals surface area contributed by atoms with Crippen LogP contribution in [-0.4, -0.2) is 17.3 Å². The van der Waals surface area contributed by atoms with Crippen LogP contribution in [0.1, 0.15) is 11.1 Å². The second-order valence-corrected chi connectivity index (χ2v) is 3.03. The van der Waals surface area contributed by atoms with E-state index in [1.807, 2.05) is 0 Å². The lowest BCUT2D eigenvalue weighted by Crippen LogP contribution is -2.10. The van der Waals surface area contributed by atoms with Crippen LogP contribution < -0.4 is 5.32 Å². The van der Waals surface area contributed by atoms with Gasteiger partial charge >= 0.3 is 6.18 Å². The number of benzene rings is 1. The number of alkyl halides is 3. The number of hydrogen-bond donors (Lipinski definition) is 3. The fourth-order valence-corrected chi connectivity index (χ4v) is 1.22. The molecule has 0 aliphatic rings. The molecule has 0 radical (unpaired) electrons. The highest BCUT2D eigenvalue weighted by atomic mass is 19.4. The molecule has 0 aromatic heterocycles. The molecule has 15 heavy (non-hydrogen) atoms. The van der Waals surface area contributed by atoms with Crippen molar-refractivity contribution >= 4 is 0 Å². The molecule has 1 aromatic rings. The number of halogens is 3. The Bertz CT molecular complexity index is 363.